The van der Waals surface area contributed by atoms with Crippen molar-refractivity contribution < 1.29 is 9.90 Å². The second kappa shape index (κ2) is 7.27. The van der Waals surface area contributed by atoms with Crippen LogP contribution in [0.1, 0.15) is 46.0 Å². The van der Waals surface area contributed by atoms with E-state index in [1.54, 1.807) is 0 Å². The van der Waals surface area contributed by atoms with E-state index in [0.717, 1.165) is 6.42 Å². The predicted octanol–water partition coefficient (Wildman–Crippen LogP) is 2.19. The normalized spacial score (nSPS) is 20.9. The van der Waals surface area contributed by atoms with E-state index >= 15 is 0 Å². The maximum Gasteiger partial charge on any atom is 0.220 e. The van der Waals surface area contributed by atoms with E-state index in [-0.39, 0.29) is 18.1 Å². The van der Waals surface area contributed by atoms with Crippen LogP contribution in [-0.4, -0.2) is 34.7 Å². The van der Waals surface area contributed by atoms with E-state index in [2.05, 4.69) is 5.32 Å². The average Bonchev–Trinajstić information content (AvgIpc) is 2.30. The first-order valence-corrected chi connectivity index (χ1v) is 7.74. The van der Waals surface area contributed by atoms with Gasteiger partial charge < -0.3 is 10.4 Å². The lowest BCUT2D eigenvalue weighted by atomic mass is 9.93. The van der Waals surface area contributed by atoms with E-state index in [1.807, 2.05) is 25.6 Å². The van der Waals surface area contributed by atoms with Crippen LogP contribution >= 0.6 is 11.8 Å². The average molecular weight is 259 g/mol. The van der Waals surface area contributed by atoms with Crippen LogP contribution in [0.4, 0.5) is 0 Å². The molecule has 100 valence electrons. The van der Waals surface area contributed by atoms with Crippen LogP contribution in [0, 0.1) is 5.92 Å². The number of hydrogen-bond acceptors (Lipinski definition) is 3. The minimum absolute atomic E-state index is 0.130. The molecule has 0 aromatic carbocycles. The topological polar surface area (TPSA) is 49.3 Å². The number of hydrogen-bond donors (Lipinski definition) is 2. The van der Waals surface area contributed by atoms with Crippen LogP contribution in [0.15, 0.2) is 0 Å². The number of aliphatic hydroxyl groups excluding tert-OH is 1. The molecule has 0 aliphatic carbocycles. The lowest BCUT2D eigenvalue weighted by Gasteiger charge is -2.30. The fourth-order valence-corrected chi connectivity index (χ4v) is 3.38. The zero-order valence-electron chi connectivity index (χ0n) is 11.0. The molecule has 2 N–H and O–H groups in total. The Kier molecular flexibility index (Phi) is 6.34. The van der Waals surface area contributed by atoms with E-state index in [9.17, 15) is 4.79 Å². The quantitative estimate of drug-likeness (QED) is 0.769. The molecule has 1 aliphatic rings. The summed E-state index contributed by atoms with van der Waals surface area (Å²) in [4.78, 5) is 12.0. The zero-order chi connectivity index (χ0) is 12.7. The van der Waals surface area contributed by atoms with Crippen molar-refractivity contribution in [3.05, 3.63) is 0 Å². The third-order valence-corrected chi connectivity index (χ3v) is 4.75. The van der Waals surface area contributed by atoms with E-state index in [1.165, 1.54) is 24.3 Å². The molecule has 0 aromatic rings. The van der Waals surface area contributed by atoms with Gasteiger partial charge in [-0.15, -0.1) is 0 Å². The Morgan fingerprint density at radius 3 is 2.65 bits per heavy atom. The molecule has 17 heavy (non-hydrogen) atoms. The zero-order valence-corrected chi connectivity index (χ0v) is 11.8. The molecule has 0 spiro atoms. The van der Waals surface area contributed by atoms with E-state index in [0.29, 0.717) is 18.8 Å². The molecule has 3 nitrogen and oxygen atoms in total. The lowest BCUT2D eigenvalue weighted by Crippen LogP contribution is -2.46. The van der Waals surface area contributed by atoms with Crippen LogP contribution in [0.25, 0.3) is 0 Å². The molecule has 0 bridgehead atoms. The van der Waals surface area contributed by atoms with Gasteiger partial charge in [0.15, 0.2) is 0 Å². The Balaban J connectivity index is 2.36. The molecule has 1 unspecified atom stereocenters. The summed E-state index contributed by atoms with van der Waals surface area (Å²) in [5.41, 5.74) is -0.241. The maximum atomic E-state index is 12.0. The number of nitrogens with one attached hydrogen (secondary N) is 1. The molecular formula is C13H25NO2S. The number of carbonyl (C=O) groups excluding carboxylic acids is 1. The van der Waals surface area contributed by atoms with Gasteiger partial charge in [-0.2, -0.15) is 11.8 Å². The van der Waals surface area contributed by atoms with E-state index in [4.69, 9.17) is 5.11 Å². The van der Waals surface area contributed by atoms with Gasteiger partial charge in [0.2, 0.25) is 5.91 Å². The van der Waals surface area contributed by atoms with Gasteiger partial charge in [0.05, 0.1) is 0 Å². The third-order valence-electron chi connectivity index (χ3n) is 3.70. The summed E-state index contributed by atoms with van der Waals surface area (Å²) in [6.07, 6.45) is 4.49. The summed E-state index contributed by atoms with van der Waals surface area (Å²) in [6, 6.07) is 0. The van der Waals surface area contributed by atoms with Gasteiger partial charge in [0.25, 0.3) is 0 Å². The van der Waals surface area contributed by atoms with Crippen molar-refractivity contribution in [2.45, 2.75) is 51.5 Å². The van der Waals surface area contributed by atoms with Crippen LogP contribution in [0.2, 0.25) is 0 Å². The van der Waals surface area contributed by atoms with Crippen LogP contribution < -0.4 is 5.32 Å². The molecule has 1 rings (SSSR count). The van der Waals surface area contributed by atoms with Crippen molar-refractivity contribution in [1.29, 1.82) is 0 Å². The number of amides is 1. The summed E-state index contributed by atoms with van der Waals surface area (Å²) < 4.78 is 0. The van der Waals surface area contributed by atoms with Gasteiger partial charge in [-0.05, 0) is 50.0 Å². The minimum Gasteiger partial charge on any atom is -0.396 e. The van der Waals surface area contributed by atoms with Crippen molar-refractivity contribution in [2.75, 3.05) is 18.1 Å². The van der Waals surface area contributed by atoms with Gasteiger partial charge in [0.1, 0.15) is 0 Å². The van der Waals surface area contributed by atoms with Crippen molar-refractivity contribution in [3.8, 4) is 0 Å². The monoisotopic (exact) mass is 259 g/mol. The number of aliphatic hydroxyl groups is 1. The summed E-state index contributed by atoms with van der Waals surface area (Å²) in [5, 5.41) is 12.1. The summed E-state index contributed by atoms with van der Waals surface area (Å²) in [6.45, 7) is 4.19. The lowest BCUT2D eigenvalue weighted by molar-refractivity contribution is -0.124. The molecule has 1 atom stereocenters. The van der Waals surface area contributed by atoms with Crippen molar-refractivity contribution >= 4 is 17.7 Å². The van der Waals surface area contributed by atoms with Gasteiger partial charge in [-0.1, -0.05) is 6.92 Å². The minimum atomic E-state index is -0.241. The highest BCUT2D eigenvalue weighted by Crippen LogP contribution is 2.25. The number of carbonyl (C=O) groups is 1. The Bertz CT molecular complexity index is 242. The Labute approximate surface area is 109 Å². The van der Waals surface area contributed by atoms with E-state index < -0.39 is 0 Å². The third kappa shape index (κ3) is 5.30. The summed E-state index contributed by atoms with van der Waals surface area (Å²) in [5.74, 6) is 3.10. The first-order chi connectivity index (χ1) is 8.09. The number of rotatable bonds is 6. The molecule has 1 heterocycles. The Hall–Kier alpha value is -0.220. The second-order valence-electron chi connectivity index (χ2n) is 5.20. The summed E-state index contributed by atoms with van der Waals surface area (Å²) in [7, 11) is 0. The molecule has 1 fully saturated rings. The molecule has 4 heteroatoms. The van der Waals surface area contributed by atoms with Crippen molar-refractivity contribution in [2.24, 2.45) is 5.92 Å². The SMILES string of the molecule is CCC(C)(CCO)NC(=O)CC1CCSCC1. The Morgan fingerprint density at radius 1 is 1.47 bits per heavy atom. The molecule has 1 saturated heterocycles. The standard InChI is InChI=1S/C13H25NO2S/c1-3-13(2,6-7-15)14-12(16)10-11-4-8-17-9-5-11/h11,15H,3-10H2,1-2H3,(H,14,16). The highest BCUT2D eigenvalue weighted by atomic mass is 32.2. The van der Waals surface area contributed by atoms with Gasteiger partial charge in [0, 0.05) is 18.6 Å². The molecule has 1 aliphatic heterocycles. The van der Waals surface area contributed by atoms with Crippen LogP contribution in [0.3, 0.4) is 0 Å². The predicted molar refractivity (Wildman–Crippen MR) is 73.2 cm³/mol. The van der Waals surface area contributed by atoms with Crippen molar-refractivity contribution in [3.63, 3.8) is 0 Å². The van der Waals surface area contributed by atoms with Gasteiger partial charge in [-0.3, -0.25) is 4.79 Å². The van der Waals surface area contributed by atoms with Crippen LogP contribution in [-0.2, 0) is 4.79 Å². The molecule has 0 aromatic heterocycles. The first-order valence-electron chi connectivity index (χ1n) is 6.59. The second-order valence-corrected chi connectivity index (χ2v) is 6.42. The maximum absolute atomic E-state index is 12.0. The molecule has 0 radical (unpaired) electrons. The largest absolute Gasteiger partial charge is 0.396 e. The highest BCUT2D eigenvalue weighted by Gasteiger charge is 2.25. The Morgan fingerprint density at radius 2 is 2.12 bits per heavy atom. The number of thioether (sulfide) groups is 1. The smallest absolute Gasteiger partial charge is 0.220 e. The van der Waals surface area contributed by atoms with Gasteiger partial charge >= 0.3 is 0 Å². The van der Waals surface area contributed by atoms with Crippen LogP contribution in [0.5, 0.6) is 0 Å². The molecule has 1 amide bonds. The highest BCUT2D eigenvalue weighted by molar-refractivity contribution is 7.99. The van der Waals surface area contributed by atoms with Gasteiger partial charge in [-0.25, -0.2) is 0 Å². The van der Waals surface area contributed by atoms with Crippen molar-refractivity contribution in [1.82, 2.24) is 5.32 Å². The molecular weight excluding hydrogens is 234 g/mol. The fraction of sp³-hybridized carbons (Fsp3) is 0.923. The fourth-order valence-electron chi connectivity index (χ4n) is 2.17. The molecule has 0 saturated carbocycles. The summed E-state index contributed by atoms with van der Waals surface area (Å²) >= 11 is 1.99. The first kappa shape index (κ1) is 14.8.